The lowest BCUT2D eigenvalue weighted by molar-refractivity contribution is -0.145. The number of ether oxygens (including phenoxy) is 1. The zero-order valence-electron chi connectivity index (χ0n) is 19.4. The van der Waals surface area contributed by atoms with E-state index in [2.05, 4.69) is 5.32 Å². The fourth-order valence-electron chi connectivity index (χ4n) is 5.31. The second kappa shape index (κ2) is 10.3. The summed E-state index contributed by atoms with van der Waals surface area (Å²) in [6, 6.07) is 18.4. The molecule has 2 fully saturated rings. The van der Waals surface area contributed by atoms with E-state index in [1.54, 1.807) is 16.8 Å². The van der Waals surface area contributed by atoms with Crippen molar-refractivity contribution in [3.05, 3.63) is 71.8 Å². The average molecular weight is 466 g/mol. The fraction of sp³-hybridized carbons (Fsp3) is 0.423. The minimum Gasteiger partial charge on any atom is -0.465 e. The highest BCUT2D eigenvalue weighted by Gasteiger charge is 2.55. The van der Waals surface area contributed by atoms with Crippen LogP contribution in [0.2, 0.25) is 0 Å². The van der Waals surface area contributed by atoms with Gasteiger partial charge in [0.05, 0.1) is 18.6 Å². The highest BCUT2D eigenvalue weighted by molar-refractivity contribution is 5.89. The van der Waals surface area contributed by atoms with Crippen LogP contribution in [-0.2, 0) is 20.9 Å². The van der Waals surface area contributed by atoms with Gasteiger partial charge in [-0.15, -0.1) is 0 Å². The monoisotopic (exact) mass is 465 g/mol. The summed E-state index contributed by atoms with van der Waals surface area (Å²) >= 11 is 0. The summed E-state index contributed by atoms with van der Waals surface area (Å²) < 4.78 is 5.69. The van der Waals surface area contributed by atoms with Crippen LogP contribution in [0, 0.1) is 5.41 Å². The van der Waals surface area contributed by atoms with E-state index in [1.165, 1.54) is 0 Å². The lowest BCUT2D eigenvalue weighted by Gasteiger charge is -2.43. The Kier molecular flexibility index (Phi) is 7.17. The molecule has 2 aromatic carbocycles. The third-order valence-corrected chi connectivity index (χ3v) is 6.93. The van der Waals surface area contributed by atoms with Gasteiger partial charge in [-0.05, 0) is 24.0 Å². The van der Waals surface area contributed by atoms with Crippen molar-refractivity contribution in [2.45, 2.75) is 31.4 Å². The van der Waals surface area contributed by atoms with Gasteiger partial charge in [0.1, 0.15) is 6.04 Å². The first-order valence-electron chi connectivity index (χ1n) is 11.6. The van der Waals surface area contributed by atoms with Crippen molar-refractivity contribution in [2.75, 3.05) is 33.3 Å². The van der Waals surface area contributed by atoms with Gasteiger partial charge in [0, 0.05) is 32.6 Å². The van der Waals surface area contributed by atoms with Gasteiger partial charge in [0.15, 0.2) is 0 Å². The van der Waals surface area contributed by atoms with Crippen LogP contribution in [0.3, 0.4) is 0 Å². The largest absolute Gasteiger partial charge is 0.465 e. The molecule has 4 rings (SSSR count). The Morgan fingerprint density at radius 3 is 2.50 bits per heavy atom. The molecule has 0 saturated carbocycles. The lowest BCUT2D eigenvalue weighted by atomic mass is 9.69. The summed E-state index contributed by atoms with van der Waals surface area (Å²) in [5.74, 6) is -0.340. The van der Waals surface area contributed by atoms with Gasteiger partial charge >= 0.3 is 6.09 Å². The standard InChI is InChI=1S/C26H31N3O5/c1-28-15-21(20-11-6-3-7-12-20)26(24(28)31)13-8-14-29(18-26)23(30)22(27-25(32)33)17-34-16-19-9-4-2-5-10-19/h2-7,9-12,21-22,27H,8,13-18H2,1H3,(H,32,33)/t21?,22-,26?/m1/s1. The van der Waals surface area contributed by atoms with Crippen LogP contribution in [0.5, 0.6) is 0 Å². The van der Waals surface area contributed by atoms with E-state index >= 15 is 0 Å². The molecule has 2 saturated heterocycles. The summed E-state index contributed by atoms with van der Waals surface area (Å²) in [5, 5.41) is 11.6. The summed E-state index contributed by atoms with van der Waals surface area (Å²) in [7, 11) is 1.81. The van der Waals surface area contributed by atoms with Crippen LogP contribution >= 0.6 is 0 Å². The number of rotatable bonds is 7. The first-order valence-corrected chi connectivity index (χ1v) is 11.6. The Morgan fingerprint density at radius 2 is 1.82 bits per heavy atom. The van der Waals surface area contributed by atoms with Crippen molar-refractivity contribution in [1.29, 1.82) is 0 Å². The van der Waals surface area contributed by atoms with Crippen LogP contribution in [-0.4, -0.2) is 72.1 Å². The Hall–Kier alpha value is -3.39. The van der Waals surface area contributed by atoms with Crippen LogP contribution < -0.4 is 5.32 Å². The van der Waals surface area contributed by atoms with Gasteiger partial charge in [-0.3, -0.25) is 9.59 Å². The number of likely N-dealkylation sites (tertiary alicyclic amines) is 2. The number of piperidine rings is 1. The van der Waals surface area contributed by atoms with E-state index in [4.69, 9.17) is 4.74 Å². The van der Waals surface area contributed by atoms with E-state index in [9.17, 15) is 19.5 Å². The minimum absolute atomic E-state index is 0.0259. The van der Waals surface area contributed by atoms with Gasteiger partial charge in [-0.25, -0.2) is 4.79 Å². The molecule has 1 spiro atoms. The maximum Gasteiger partial charge on any atom is 0.405 e. The molecule has 3 atom stereocenters. The van der Waals surface area contributed by atoms with Gasteiger partial charge in [0.2, 0.25) is 11.8 Å². The molecule has 2 heterocycles. The van der Waals surface area contributed by atoms with Crippen molar-refractivity contribution in [2.24, 2.45) is 5.41 Å². The van der Waals surface area contributed by atoms with E-state index in [-0.39, 0.29) is 37.5 Å². The number of nitrogens with one attached hydrogen (secondary N) is 1. The maximum absolute atomic E-state index is 13.4. The van der Waals surface area contributed by atoms with Gasteiger partial charge in [-0.2, -0.15) is 0 Å². The van der Waals surface area contributed by atoms with Crippen molar-refractivity contribution < 1.29 is 24.2 Å². The van der Waals surface area contributed by atoms with E-state index in [0.29, 0.717) is 25.9 Å². The Morgan fingerprint density at radius 1 is 1.15 bits per heavy atom. The number of benzene rings is 2. The second-order valence-corrected chi connectivity index (χ2v) is 9.17. The van der Waals surface area contributed by atoms with Crippen molar-refractivity contribution in [1.82, 2.24) is 15.1 Å². The zero-order chi connectivity index (χ0) is 24.1. The number of amides is 3. The van der Waals surface area contributed by atoms with Gasteiger partial charge < -0.3 is 25.0 Å². The van der Waals surface area contributed by atoms with Crippen LogP contribution in [0.25, 0.3) is 0 Å². The number of carbonyl (C=O) groups is 3. The molecule has 3 amide bonds. The molecule has 180 valence electrons. The Labute approximate surface area is 199 Å². The Bertz CT molecular complexity index is 1020. The van der Waals surface area contributed by atoms with Crippen molar-refractivity contribution in [3.8, 4) is 0 Å². The molecule has 8 nitrogen and oxygen atoms in total. The quantitative estimate of drug-likeness (QED) is 0.655. The van der Waals surface area contributed by atoms with Gasteiger partial charge in [0.25, 0.3) is 0 Å². The molecular weight excluding hydrogens is 434 g/mol. The molecule has 2 N–H and O–H groups in total. The number of likely N-dealkylation sites (N-methyl/N-ethyl adjacent to an activating group) is 1. The predicted molar refractivity (Wildman–Crippen MR) is 126 cm³/mol. The molecular formula is C26H31N3O5. The molecule has 2 aliphatic heterocycles. The molecule has 0 aromatic heterocycles. The van der Waals surface area contributed by atoms with Crippen LogP contribution in [0.4, 0.5) is 4.79 Å². The first-order chi connectivity index (χ1) is 16.4. The minimum atomic E-state index is -1.28. The number of carbonyl (C=O) groups excluding carboxylic acids is 2. The smallest absolute Gasteiger partial charge is 0.405 e. The van der Waals surface area contributed by atoms with Crippen LogP contribution in [0.15, 0.2) is 60.7 Å². The first kappa shape index (κ1) is 23.8. The van der Waals surface area contributed by atoms with Crippen molar-refractivity contribution in [3.63, 3.8) is 0 Å². The molecule has 34 heavy (non-hydrogen) atoms. The highest BCUT2D eigenvalue weighted by atomic mass is 16.5. The topological polar surface area (TPSA) is 99.2 Å². The number of carboxylic acid groups (broad SMARTS) is 1. The Balaban J connectivity index is 1.50. The molecule has 0 aliphatic carbocycles. The normalized spacial score (nSPS) is 23.2. The second-order valence-electron chi connectivity index (χ2n) is 9.17. The molecule has 0 bridgehead atoms. The summed E-state index contributed by atoms with van der Waals surface area (Å²) in [5.41, 5.74) is 1.31. The average Bonchev–Trinajstić information content (AvgIpc) is 3.08. The van der Waals surface area contributed by atoms with E-state index in [0.717, 1.165) is 11.1 Å². The number of hydrogen-bond acceptors (Lipinski definition) is 4. The molecule has 0 radical (unpaired) electrons. The van der Waals surface area contributed by atoms with Gasteiger partial charge in [-0.1, -0.05) is 60.7 Å². The SMILES string of the molecule is CN1CC(c2ccccc2)C2(CCCN(C(=O)[C@@H](COCc3ccccc3)NC(=O)O)C2)C1=O. The third-order valence-electron chi connectivity index (χ3n) is 6.93. The summed E-state index contributed by atoms with van der Waals surface area (Å²) in [4.78, 5) is 41.6. The fourth-order valence-corrected chi connectivity index (χ4v) is 5.31. The van der Waals surface area contributed by atoms with Crippen LogP contribution in [0.1, 0.15) is 29.9 Å². The highest BCUT2D eigenvalue weighted by Crippen LogP contribution is 2.49. The molecule has 8 heteroatoms. The maximum atomic E-state index is 13.4. The lowest BCUT2D eigenvalue weighted by Crippen LogP contribution is -2.57. The molecule has 2 aromatic rings. The number of nitrogens with zero attached hydrogens (tertiary/aromatic N) is 2. The van der Waals surface area contributed by atoms with E-state index < -0.39 is 17.6 Å². The third kappa shape index (κ3) is 4.92. The van der Waals surface area contributed by atoms with E-state index in [1.807, 2.05) is 60.7 Å². The zero-order valence-corrected chi connectivity index (χ0v) is 19.4. The summed E-state index contributed by atoms with van der Waals surface area (Å²) in [6.45, 7) is 1.54. The predicted octanol–water partition coefficient (Wildman–Crippen LogP) is 2.70. The number of hydrogen-bond donors (Lipinski definition) is 2. The van der Waals surface area contributed by atoms with Crippen molar-refractivity contribution >= 4 is 17.9 Å². The molecule has 2 unspecified atom stereocenters. The molecule has 2 aliphatic rings. The summed E-state index contributed by atoms with van der Waals surface area (Å²) in [6.07, 6.45) is 0.0904.